The minimum atomic E-state index is -0.213. The molecule has 0 radical (unpaired) electrons. The zero-order chi connectivity index (χ0) is 23.6. The van der Waals surface area contributed by atoms with Gasteiger partial charge in [0.15, 0.2) is 0 Å². The highest BCUT2D eigenvalue weighted by molar-refractivity contribution is 5.94. The average Bonchev–Trinajstić information content (AvgIpc) is 2.87. The van der Waals surface area contributed by atoms with Crippen molar-refractivity contribution < 1.29 is 9.53 Å². The fourth-order valence-corrected chi connectivity index (χ4v) is 4.36. The number of ether oxygens (including phenoxy) is 1. The summed E-state index contributed by atoms with van der Waals surface area (Å²) < 4.78 is 5.43. The number of hydrazone groups is 1. The molecule has 1 heterocycles. The number of nitrogens with one attached hydrogen (secondary N) is 1. The summed E-state index contributed by atoms with van der Waals surface area (Å²) in [6.07, 6.45) is 5.28. The van der Waals surface area contributed by atoms with Gasteiger partial charge in [0, 0.05) is 12.1 Å². The molecule has 4 rings (SSSR count). The smallest absolute Gasteiger partial charge is 0.271 e. The number of rotatable bonds is 9. The quantitative estimate of drug-likeness (QED) is 0.352. The van der Waals surface area contributed by atoms with Gasteiger partial charge < -0.3 is 4.74 Å². The van der Waals surface area contributed by atoms with Gasteiger partial charge >= 0.3 is 0 Å². The van der Waals surface area contributed by atoms with Crippen LogP contribution in [0.15, 0.2) is 84.0 Å². The van der Waals surface area contributed by atoms with Crippen LogP contribution in [-0.4, -0.2) is 36.7 Å². The van der Waals surface area contributed by atoms with Crippen molar-refractivity contribution in [3.05, 3.63) is 101 Å². The largest absolute Gasteiger partial charge is 0.494 e. The van der Waals surface area contributed by atoms with E-state index in [0.717, 1.165) is 36.9 Å². The molecule has 5 nitrogen and oxygen atoms in total. The van der Waals surface area contributed by atoms with Crippen molar-refractivity contribution in [1.29, 1.82) is 0 Å². The maximum absolute atomic E-state index is 12.4. The van der Waals surface area contributed by atoms with Gasteiger partial charge in [0.05, 0.1) is 12.8 Å². The predicted octanol–water partition coefficient (Wildman–Crippen LogP) is 5.30. The molecule has 176 valence electrons. The molecule has 1 aliphatic rings. The third-order valence-corrected chi connectivity index (χ3v) is 6.27. The molecule has 3 aromatic carbocycles. The fraction of sp³-hybridized carbons (Fsp3) is 0.310. The van der Waals surface area contributed by atoms with E-state index in [2.05, 4.69) is 45.8 Å². The number of hydrogen-bond acceptors (Lipinski definition) is 4. The number of piperidine rings is 1. The predicted molar refractivity (Wildman–Crippen MR) is 137 cm³/mol. The number of carbonyl (C=O) groups excluding carboxylic acids is 1. The lowest BCUT2D eigenvalue weighted by Gasteiger charge is -2.32. The summed E-state index contributed by atoms with van der Waals surface area (Å²) >= 11 is 0. The highest BCUT2D eigenvalue weighted by atomic mass is 16.5. The number of amides is 1. The summed E-state index contributed by atoms with van der Waals surface area (Å²) in [5.74, 6) is 1.38. The number of nitrogens with zero attached hydrogens (tertiary/aromatic N) is 2. The van der Waals surface area contributed by atoms with Crippen LogP contribution in [0.25, 0.3) is 0 Å². The van der Waals surface area contributed by atoms with Crippen molar-refractivity contribution in [2.75, 3.05) is 19.7 Å². The van der Waals surface area contributed by atoms with Crippen LogP contribution in [0, 0.1) is 5.92 Å². The second-order valence-corrected chi connectivity index (χ2v) is 8.81. The number of carbonyl (C=O) groups is 1. The molecule has 0 saturated carbocycles. The van der Waals surface area contributed by atoms with E-state index in [9.17, 15) is 4.79 Å². The number of hydrogen-bond donors (Lipinski definition) is 1. The lowest BCUT2D eigenvalue weighted by Crippen LogP contribution is -2.33. The zero-order valence-corrected chi connectivity index (χ0v) is 19.8. The lowest BCUT2D eigenvalue weighted by atomic mass is 9.90. The van der Waals surface area contributed by atoms with E-state index >= 15 is 0 Å². The maximum atomic E-state index is 12.4. The summed E-state index contributed by atoms with van der Waals surface area (Å²) in [7, 11) is 0. The minimum absolute atomic E-state index is 0.213. The highest BCUT2D eigenvalue weighted by Gasteiger charge is 2.19. The van der Waals surface area contributed by atoms with E-state index < -0.39 is 0 Å². The molecule has 3 aromatic rings. The summed E-state index contributed by atoms with van der Waals surface area (Å²) in [4.78, 5) is 14.9. The third-order valence-electron chi connectivity index (χ3n) is 6.27. The van der Waals surface area contributed by atoms with Crippen LogP contribution in [0.4, 0.5) is 0 Å². The minimum Gasteiger partial charge on any atom is -0.494 e. The van der Waals surface area contributed by atoms with Gasteiger partial charge in [-0.15, -0.1) is 0 Å². The molecule has 1 N–H and O–H groups in total. The van der Waals surface area contributed by atoms with E-state index in [4.69, 9.17) is 4.74 Å². The summed E-state index contributed by atoms with van der Waals surface area (Å²) in [5, 5.41) is 4.07. The molecular weight excluding hydrogens is 422 g/mol. The SMILES string of the molecule is CCOc1ccc(/C=N\NC(=O)c2ccc(CN3CCC(Cc4ccccc4)CC3)cc2)cc1. The zero-order valence-electron chi connectivity index (χ0n) is 19.8. The van der Waals surface area contributed by atoms with Crippen LogP contribution in [0.1, 0.15) is 46.8 Å². The Morgan fingerprint density at radius 3 is 2.35 bits per heavy atom. The topological polar surface area (TPSA) is 53.9 Å². The van der Waals surface area contributed by atoms with Crippen molar-refractivity contribution in [1.82, 2.24) is 10.3 Å². The van der Waals surface area contributed by atoms with Crippen molar-refractivity contribution in [2.24, 2.45) is 11.0 Å². The summed E-state index contributed by atoms with van der Waals surface area (Å²) in [5.41, 5.74) is 6.78. The molecule has 1 amide bonds. The number of likely N-dealkylation sites (tertiary alicyclic amines) is 1. The van der Waals surface area contributed by atoms with Crippen molar-refractivity contribution >= 4 is 12.1 Å². The van der Waals surface area contributed by atoms with Gasteiger partial charge in [-0.05, 0) is 98.3 Å². The first-order valence-corrected chi connectivity index (χ1v) is 12.1. The van der Waals surface area contributed by atoms with Crippen LogP contribution in [-0.2, 0) is 13.0 Å². The van der Waals surface area contributed by atoms with Gasteiger partial charge in [-0.2, -0.15) is 5.10 Å². The molecule has 0 aliphatic carbocycles. The van der Waals surface area contributed by atoms with Crippen molar-refractivity contribution in [3.63, 3.8) is 0 Å². The molecule has 0 aromatic heterocycles. The average molecular weight is 456 g/mol. The van der Waals surface area contributed by atoms with Crippen LogP contribution in [0.5, 0.6) is 5.75 Å². The van der Waals surface area contributed by atoms with Gasteiger partial charge in [-0.25, -0.2) is 5.43 Å². The van der Waals surface area contributed by atoms with E-state index in [1.54, 1.807) is 6.21 Å². The van der Waals surface area contributed by atoms with Crippen LogP contribution >= 0.6 is 0 Å². The lowest BCUT2D eigenvalue weighted by molar-refractivity contribution is 0.0955. The molecule has 1 saturated heterocycles. The van der Waals surface area contributed by atoms with E-state index in [-0.39, 0.29) is 5.91 Å². The Labute approximate surface area is 202 Å². The van der Waals surface area contributed by atoms with Gasteiger partial charge in [-0.1, -0.05) is 42.5 Å². The van der Waals surface area contributed by atoms with Crippen LogP contribution in [0.2, 0.25) is 0 Å². The highest BCUT2D eigenvalue weighted by Crippen LogP contribution is 2.23. The Hall–Kier alpha value is -3.44. The Morgan fingerprint density at radius 1 is 0.971 bits per heavy atom. The monoisotopic (exact) mass is 455 g/mol. The maximum Gasteiger partial charge on any atom is 0.271 e. The standard InChI is InChI=1S/C29H33N3O2/c1-2-34-28-14-10-25(11-15-28)21-30-31-29(33)27-12-8-26(9-13-27)22-32-18-16-24(17-19-32)20-23-6-4-3-5-7-23/h3-15,21,24H,2,16-20,22H2,1H3,(H,31,33)/b30-21-. The van der Waals surface area contributed by atoms with Gasteiger partial charge in [0.2, 0.25) is 0 Å². The molecule has 0 spiro atoms. The third kappa shape index (κ3) is 7.03. The molecule has 5 heteroatoms. The first-order valence-electron chi connectivity index (χ1n) is 12.1. The van der Waals surface area contributed by atoms with E-state index in [0.29, 0.717) is 12.2 Å². The van der Waals surface area contributed by atoms with E-state index in [1.807, 2.05) is 55.5 Å². The second-order valence-electron chi connectivity index (χ2n) is 8.81. The molecule has 0 bridgehead atoms. The Bertz CT molecular complexity index is 1050. The molecule has 1 fully saturated rings. The molecule has 34 heavy (non-hydrogen) atoms. The molecule has 1 aliphatic heterocycles. The van der Waals surface area contributed by atoms with Gasteiger partial charge in [-0.3, -0.25) is 9.69 Å². The fourth-order valence-electron chi connectivity index (χ4n) is 4.36. The molecule has 0 atom stereocenters. The Balaban J connectivity index is 1.21. The summed E-state index contributed by atoms with van der Waals surface area (Å²) in [6, 6.07) is 26.2. The second kappa shape index (κ2) is 12.1. The van der Waals surface area contributed by atoms with Gasteiger partial charge in [0.1, 0.15) is 5.75 Å². The normalized spacial score (nSPS) is 14.9. The van der Waals surface area contributed by atoms with E-state index in [1.165, 1.54) is 30.4 Å². The number of benzene rings is 3. The first kappa shape index (κ1) is 23.7. The first-order chi connectivity index (χ1) is 16.7. The van der Waals surface area contributed by atoms with Crippen molar-refractivity contribution in [2.45, 2.75) is 32.7 Å². The van der Waals surface area contributed by atoms with Crippen LogP contribution in [0.3, 0.4) is 0 Å². The Morgan fingerprint density at radius 2 is 1.68 bits per heavy atom. The molecular formula is C29H33N3O2. The van der Waals surface area contributed by atoms with Crippen molar-refractivity contribution in [3.8, 4) is 5.75 Å². The Kier molecular flexibility index (Phi) is 8.47. The van der Waals surface area contributed by atoms with Gasteiger partial charge in [0.25, 0.3) is 5.91 Å². The summed E-state index contributed by atoms with van der Waals surface area (Å²) in [6.45, 7) is 5.76. The van der Waals surface area contributed by atoms with Crippen LogP contribution < -0.4 is 10.2 Å². The molecule has 0 unspecified atom stereocenters.